The number of hydrogen-bond donors (Lipinski definition) is 1. The quantitative estimate of drug-likeness (QED) is 0.764. The maximum Gasteiger partial charge on any atom is 0.119 e. The Labute approximate surface area is 99.0 Å². The van der Waals surface area contributed by atoms with Gasteiger partial charge in [0.15, 0.2) is 0 Å². The van der Waals surface area contributed by atoms with E-state index in [1.54, 1.807) is 0 Å². The third-order valence-corrected chi connectivity index (χ3v) is 2.96. The van der Waals surface area contributed by atoms with E-state index in [1.807, 2.05) is 30.3 Å². The van der Waals surface area contributed by atoms with E-state index in [0.29, 0.717) is 12.0 Å². The standard InChI is InChI=1S/C14H23NO/c1-4-15-13(3)12(2)10-11-16-14-8-6-5-7-9-14/h5-9,12-13,15H,4,10-11H2,1-3H3. The van der Waals surface area contributed by atoms with Crippen LogP contribution in [0, 0.1) is 5.92 Å². The van der Waals surface area contributed by atoms with Crippen LogP contribution >= 0.6 is 0 Å². The number of benzene rings is 1. The lowest BCUT2D eigenvalue weighted by Crippen LogP contribution is -2.32. The summed E-state index contributed by atoms with van der Waals surface area (Å²) in [5.41, 5.74) is 0. The lowest BCUT2D eigenvalue weighted by molar-refractivity contribution is 0.262. The van der Waals surface area contributed by atoms with Gasteiger partial charge < -0.3 is 10.1 Å². The number of rotatable bonds is 7. The van der Waals surface area contributed by atoms with Gasteiger partial charge in [0.2, 0.25) is 0 Å². The fourth-order valence-corrected chi connectivity index (χ4v) is 1.65. The van der Waals surface area contributed by atoms with Crippen molar-refractivity contribution in [2.45, 2.75) is 33.2 Å². The summed E-state index contributed by atoms with van der Waals surface area (Å²) >= 11 is 0. The van der Waals surface area contributed by atoms with E-state index in [2.05, 4.69) is 26.1 Å². The summed E-state index contributed by atoms with van der Waals surface area (Å²) < 4.78 is 5.68. The summed E-state index contributed by atoms with van der Waals surface area (Å²) in [7, 11) is 0. The molecule has 1 N–H and O–H groups in total. The van der Waals surface area contributed by atoms with Crippen molar-refractivity contribution >= 4 is 0 Å². The fourth-order valence-electron chi connectivity index (χ4n) is 1.65. The van der Waals surface area contributed by atoms with Crippen molar-refractivity contribution in [3.05, 3.63) is 30.3 Å². The Bertz CT molecular complexity index is 273. The lowest BCUT2D eigenvalue weighted by Gasteiger charge is -2.20. The molecule has 0 saturated carbocycles. The van der Waals surface area contributed by atoms with Gasteiger partial charge in [-0.25, -0.2) is 0 Å². The Kier molecular flexibility index (Phi) is 5.94. The van der Waals surface area contributed by atoms with Crippen LogP contribution in [0.25, 0.3) is 0 Å². The SMILES string of the molecule is CCNC(C)C(C)CCOc1ccccc1. The van der Waals surface area contributed by atoms with Crippen molar-refractivity contribution in [2.75, 3.05) is 13.2 Å². The molecule has 0 fully saturated rings. The van der Waals surface area contributed by atoms with E-state index in [-0.39, 0.29) is 0 Å². The molecule has 0 aliphatic heterocycles. The summed E-state index contributed by atoms with van der Waals surface area (Å²) in [5.74, 6) is 1.61. The van der Waals surface area contributed by atoms with Crippen molar-refractivity contribution in [3.8, 4) is 5.75 Å². The average Bonchev–Trinajstić information content (AvgIpc) is 2.30. The molecule has 0 aromatic heterocycles. The predicted octanol–water partition coefficient (Wildman–Crippen LogP) is 3.09. The number of hydrogen-bond acceptors (Lipinski definition) is 2. The van der Waals surface area contributed by atoms with Crippen LogP contribution in [0.15, 0.2) is 30.3 Å². The predicted molar refractivity (Wildman–Crippen MR) is 68.9 cm³/mol. The second-order valence-corrected chi connectivity index (χ2v) is 4.27. The van der Waals surface area contributed by atoms with Gasteiger partial charge in [-0.1, -0.05) is 32.0 Å². The lowest BCUT2D eigenvalue weighted by atomic mass is 10.0. The average molecular weight is 221 g/mol. The first-order valence-electron chi connectivity index (χ1n) is 6.15. The summed E-state index contributed by atoms with van der Waals surface area (Å²) in [6.07, 6.45) is 1.09. The topological polar surface area (TPSA) is 21.3 Å². The fraction of sp³-hybridized carbons (Fsp3) is 0.571. The first-order valence-corrected chi connectivity index (χ1v) is 6.15. The Balaban J connectivity index is 2.20. The Morgan fingerprint density at radius 3 is 2.50 bits per heavy atom. The smallest absolute Gasteiger partial charge is 0.119 e. The van der Waals surface area contributed by atoms with Gasteiger partial charge in [-0.3, -0.25) is 0 Å². The molecule has 2 atom stereocenters. The van der Waals surface area contributed by atoms with E-state index in [1.165, 1.54) is 0 Å². The van der Waals surface area contributed by atoms with Crippen LogP contribution in [-0.2, 0) is 0 Å². The monoisotopic (exact) mass is 221 g/mol. The van der Waals surface area contributed by atoms with Crippen LogP contribution in [0.4, 0.5) is 0 Å². The minimum absolute atomic E-state index is 0.560. The normalized spacial score (nSPS) is 14.4. The molecule has 0 aliphatic rings. The minimum atomic E-state index is 0.560. The third kappa shape index (κ3) is 4.67. The molecule has 0 radical (unpaired) electrons. The largest absolute Gasteiger partial charge is 0.494 e. The van der Waals surface area contributed by atoms with E-state index in [4.69, 9.17) is 4.74 Å². The Morgan fingerprint density at radius 1 is 1.19 bits per heavy atom. The molecule has 0 heterocycles. The van der Waals surface area contributed by atoms with Crippen LogP contribution in [0.1, 0.15) is 27.2 Å². The molecule has 16 heavy (non-hydrogen) atoms. The number of nitrogens with one attached hydrogen (secondary N) is 1. The van der Waals surface area contributed by atoms with Gasteiger partial charge in [-0.05, 0) is 37.9 Å². The van der Waals surface area contributed by atoms with Crippen LogP contribution in [0.2, 0.25) is 0 Å². The molecule has 0 spiro atoms. The van der Waals surface area contributed by atoms with Gasteiger partial charge in [-0.15, -0.1) is 0 Å². The van der Waals surface area contributed by atoms with Crippen LogP contribution in [0.5, 0.6) is 5.75 Å². The van der Waals surface area contributed by atoms with Crippen LogP contribution in [0.3, 0.4) is 0 Å². The molecular weight excluding hydrogens is 198 g/mol. The molecule has 1 aromatic carbocycles. The van der Waals surface area contributed by atoms with Gasteiger partial charge in [0.05, 0.1) is 6.61 Å². The Morgan fingerprint density at radius 2 is 1.88 bits per heavy atom. The zero-order valence-electron chi connectivity index (χ0n) is 10.6. The van der Waals surface area contributed by atoms with Crippen LogP contribution in [-0.4, -0.2) is 19.2 Å². The van der Waals surface area contributed by atoms with E-state index in [0.717, 1.165) is 25.3 Å². The summed E-state index contributed by atoms with van der Waals surface area (Å²) in [6, 6.07) is 10.6. The summed E-state index contributed by atoms with van der Waals surface area (Å²) in [6.45, 7) is 8.47. The third-order valence-electron chi connectivity index (χ3n) is 2.96. The van der Waals surface area contributed by atoms with Crippen molar-refractivity contribution < 1.29 is 4.74 Å². The first-order chi connectivity index (χ1) is 7.74. The zero-order chi connectivity index (χ0) is 11.8. The van der Waals surface area contributed by atoms with Gasteiger partial charge in [-0.2, -0.15) is 0 Å². The highest BCUT2D eigenvalue weighted by Gasteiger charge is 2.10. The highest BCUT2D eigenvalue weighted by atomic mass is 16.5. The molecule has 90 valence electrons. The summed E-state index contributed by atoms with van der Waals surface area (Å²) in [4.78, 5) is 0. The van der Waals surface area contributed by atoms with E-state index in [9.17, 15) is 0 Å². The molecule has 0 aliphatic carbocycles. The van der Waals surface area contributed by atoms with E-state index >= 15 is 0 Å². The maximum atomic E-state index is 5.68. The van der Waals surface area contributed by atoms with Crippen LogP contribution < -0.4 is 10.1 Å². The molecule has 2 nitrogen and oxygen atoms in total. The van der Waals surface area contributed by atoms with E-state index < -0.39 is 0 Å². The number of para-hydroxylation sites is 1. The highest BCUT2D eigenvalue weighted by Crippen LogP contribution is 2.12. The minimum Gasteiger partial charge on any atom is -0.494 e. The molecule has 1 aromatic rings. The van der Waals surface area contributed by atoms with Crippen molar-refractivity contribution in [3.63, 3.8) is 0 Å². The van der Waals surface area contributed by atoms with Gasteiger partial charge in [0, 0.05) is 6.04 Å². The number of ether oxygens (including phenoxy) is 1. The Hall–Kier alpha value is -1.02. The van der Waals surface area contributed by atoms with Gasteiger partial charge in [0.1, 0.15) is 5.75 Å². The van der Waals surface area contributed by atoms with Crippen molar-refractivity contribution in [2.24, 2.45) is 5.92 Å². The van der Waals surface area contributed by atoms with Crippen molar-refractivity contribution in [1.29, 1.82) is 0 Å². The molecule has 2 heteroatoms. The zero-order valence-corrected chi connectivity index (χ0v) is 10.6. The highest BCUT2D eigenvalue weighted by molar-refractivity contribution is 5.20. The first kappa shape index (κ1) is 13.0. The molecular formula is C14H23NO. The molecule has 0 saturated heterocycles. The maximum absolute atomic E-state index is 5.68. The van der Waals surface area contributed by atoms with Gasteiger partial charge in [0.25, 0.3) is 0 Å². The van der Waals surface area contributed by atoms with Crippen molar-refractivity contribution in [1.82, 2.24) is 5.32 Å². The summed E-state index contributed by atoms with van der Waals surface area (Å²) in [5, 5.41) is 3.44. The second kappa shape index (κ2) is 7.29. The molecule has 1 rings (SSSR count). The molecule has 0 bridgehead atoms. The molecule has 0 amide bonds. The molecule has 2 unspecified atom stereocenters. The van der Waals surface area contributed by atoms with Gasteiger partial charge >= 0.3 is 0 Å². The second-order valence-electron chi connectivity index (χ2n) is 4.27.